The van der Waals surface area contributed by atoms with Crippen LogP contribution in [0.25, 0.3) is 0 Å². The molecule has 24 heavy (non-hydrogen) atoms. The van der Waals surface area contributed by atoms with Crippen LogP contribution in [0, 0.1) is 0 Å². The normalized spacial score (nSPS) is 11.4. The van der Waals surface area contributed by atoms with Crippen LogP contribution in [0.15, 0.2) is 12.1 Å². The zero-order valence-corrected chi connectivity index (χ0v) is 14.8. The van der Waals surface area contributed by atoms with Crippen molar-refractivity contribution in [3.8, 4) is 17.2 Å². The molecule has 134 valence electrons. The van der Waals surface area contributed by atoms with E-state index in [9.17, 15) is 9.59 Å². The van der Waals surface area contributed by atoms with Crippen molar-refractivity contribution in [1.82, 2.24) is 5.32 Å². The SMILES string of the molecule is CCC[C@@H](C)NC(=O)COC(=O)c1ccc(OC)c(OC)c1OC. The minimum atomic E-state index is -0.675. The van der Waals surface area contributed by atoms with Crippen LogP contribution in [0.5, 0.6) is 17.2 Å². The summed E-state index contributed by atoms with van der Waals surface area (Å²) in [5.74, 6) is -0.107. The summed E-state index contributed by atoms with van der Waals surface area (Å²) in [5.41, 5.74) is 0.157. The first-order valence-electron chi connectivity index (χ1n) is 7.73. The Morgan fingerprint density at radius 1 is 1.08 bits per heavy atom. The van der Waals surface area contributed by atoms with Gasteiger partial charge in [0.05, 0.1) is 21.3 Å². The van der Waals surface area contributed by atoms with E-state index in [4.69, 9.17) is 18.9 Å². The van der Waals surface area contributed by atoms with E-state index in [0.717, 1.165) is 12.8 Å². The molecule has 0 unspecified atom stereocenters. The molecule has 1 aromatic carbocycles. The first-order valence-corrected chi connectivity index (χ1v) is 7.73. The van der Waals surface area contributed by atoms with E-state index in [-0.39, 0.29) is 35.6 Å². The highest BCUT2D eigenvalue weighted by Gasteiger charge is 2.22. The Hall–Kier alpha value is -2.44. The van der Waals surface area contributed by atoms with Gasteiger partial charge in [0.25, 0.3) is 5.91 Å². The van der Waals surface area contributed by atoms with Crippen LogP contribution in [-0.4, -0.2) is 45.9 Å². The van der Waals surface area contributed by atoms with E-state index in [1.807, 2.05) is 13.8 Å². The molecule has 0 saturated carbocycles. The fourth-order valence-corrected chi connectivity index (χ4v) is 2.29. The largest absolute Gasteiger partial charge is 0.493 e. The summed E-state index contributed by atoms with van der Waals surface area (Å²) < 4.78 is 20.7. The third-order valence-corrected chi connectivity index (χ3v) is 3.39. The summed E-state index contributed by atoms with van der Waals surface area (Å²) in [6, 6.07) is 3.11. The zero-order chi connectivity index (χ0) is 18.1. The molecule has 0 radical (unpaired) electrons. The molecule has 0 bridgehead atoms. The summed E-state index contributed by atoms with van der Waals surface area (Å²) in [6.45, 7) is 3.58. The van der Waals surface area contributed by atoms with E-state index in [0.29, 0.717) is 5.75 Å². The molecule has 0 aliphatic carbocycles. The second-order valence-electron chi connectivity index (χ2n) is 5.22. The Labute approximate surface area is 142 Å². The van der Waals surface area contributed by atoms with Crippen molar-refractivity contribution in [2.45, 2.75) is 32.7 Å². The Morgan fingerprint density at radius 3 is 2.29 bits per heavy atom. The maximum Gasteiger partial charge on any atom is 0.342 e. The molecule has 0 fully saturated rings. The number of carbonyl (C=O) groups is 2. The highest BCUT2D eigenvalue weighted by atomic mass is 16.5. The average molecular weight is 339 g/mol. The van der Waals surface area contributed by atoms with Crippen LogP contribution >= 0.6 is 0 Å². The van der Waals surface area contributed by atoms with Crippen LogP contribution in [0.1, 0.15) is 37.0 Å². The van der Waals surface area contributed by atoms with Gasteiger partial charge in [-0.2, -0.15) is 0 Å². The maximum atomic E-state index is 12.2. The van der Waals surface area contributed by atoms with Gasteiger partial charge in [0.2, 0.25) is 5.75 Å². The smallest absolute Gasteiger partial charge is 0.342 e. The van der Waals surface area contributed by atoms with Gasteiger partial charge in [0.15, 0.2) is 18.1 Å². The number of benzene rings is 1. The van der Waals surface area contributed by atoms with Crippen molar-refractivity contribution in [2.24, 2.45) is 0 Å². The lowest BCUT2D eigenvalue weighted by atomic mass is 10.1. The van der Waals surface area contributed by atoms with E-state index < -0.39 is 5.97 Å². The van der Waals surface area contributed by atoms with E-state index in [2.05, 4.69) is 5.32 Å². The molecule has 1 atom stereocenters. The summed E-state index contributed by atoms with van der Waals surface area (Å²) in [7, 11) is 4.34. The molecule has 1 aromatic rings. The molecule has 0 spiro atoms. The molecule has 1 N–H and O–H groups in total. The Bertz CT molecular complexity index is 572. The number of carbonyl (C=O) groups excluding carboxylic acids is 2. The van der Waals surface area contributed by atoms with Gasteiger partial charge < -0.3 is 24.3 Å². The van der Waals surface area contributed by atoms with E-state index >= 15 is 0 Å². The monoisotopic (exact) mass is 339 g/mol. The molecule has 0 aromatic heterocycles. The number of methoxy groups -OCH3 is 3. The van der Waals surface area contributed by atoms with Crippen LogP contribution in [0.4, 0.5) is 0 Å². The van der Waals surface area contributed by atoms with Crippen LogP contribution < -0.4 is 19.5 Å². The molecular formula is C17H25NO6. The van der Waals surface area contributed by atoms with Crippen molar-refractivity contribution >= 4 is 11.9 Å². The van der Waals surface area contributed by atoms with Crippen LogP contribution in [0.3, 0.4) is 0 Å². The third-order valence-electron chi connectivity index (χ3n) is 3.39. The Kier molecular flexibility index (Phi) is 7.88. The van der Waals surface area contributed by atoms with Crippen LogP contribution in [-0.2, 0) is 9.53 Å². The minimum absolute atomic E-state index is 0.0387. The quantitative estimate of drug-likeness (QED) is 0.694. The lowest BCUT2D eigenvalue weighted by Crippen LogP contribution is -2.35. The molecule has 1 rings (SSSR count). The number of hydrogen-bond acceptors (Lipinski definition) is 6. The van der Waals surface area contributed by atoms with E-state index in [1.54, 1.807) is 6.07 Å². The van der Waals surface area contributed by atoms with Crippen molar-refractivity contribution in [3.05, 3.63) is 17.7 Å². The zero-order valence-electron chi connectivity index (χ0n) is 14.8. The number of esters is 1. The van der Waals surface area contributed by atoms with Gasteiger partial charge >= 0.3 is 5.97 Å². The third kappa shape index (κ3) is 5.04. The number of nitrogens with one attached hydrogen (secondary N) is 1. The fraction of sp³-hybridized carbons (Fsp3) is 0.529. The fourth-order valence-electron chi connectivity index (χ4n) is 2.29. The predicted octanol–water partition coefficient (Wildman–Crippen LogP) is 2.17. The predicted molar refractivity (Wildman–Crippen MR) is 88.9 cm³/mol. The highest BCUT2D eigenvalue weighted by molar-refractivity contribution is 5.95. The van der Waals surface area contributed by atoms with Gasteiger partial charge in [-0.25, -0.2) is 4.79 Å². The summed E-state index contributed by atoms with van der Waals surface area (Å²) in [4.78, 5) is 24.0. The number of ether oxygens (including phenoxy) is 4. The van der Waals surface area contributed by atoms with Gasteiger partial charge in [0, 0.05) is 6.04 Å². The van der Waals surface area contributed by atoms with Gasteiger partial charge in [-0.3, -0.25) is 4.79 Å². The van der Waals surface area contributed by atoms with Crippen LogP contribution in [0.2, 0.25) is 0 Å². The second-order valence-corrected chi connectivity index (χ2v) is 5.22. The van der Waals surface area contributed by atoms with Gasteiger partial charge in [0.1, 0.15) is 5.56 Å². The molecule has 1 amide bonds. The average Bonchev–Trinajstić information content (AvgIpc) is 2.58. The molecule has 7 heteroatoms. The second kappa shape index (κ2) is 9.64. The number of hydrogen-bond donors (Lipinski definition) is 1. The molecule has 0 aliphatic rings. The molecule has 0 heterocycles. The standard InChI is InChI=1S/C17H25NO6/c1-6-7-11(2)18-14(19)10-24-17(20)12-8-9-13(21-3)16(23-5)15(12)22-4/h8-9,11H,6-7,10H2,1-5H3,(H,18,19)/t11-/m1/s1. The minimum Gasteiger partial charge on any atom is -0.493 e. The highest BCUT2D eigenvalue weighted by Crippen LogP contribution is 2.39. The summed E-state index contributed by atoms with van der Waals surface area (Å²) in [6.07, 6.45) is 1.83. The van der Waals surface area contributed by atoms with E-state index in [1.165, 1.54) is 27.4 Å². The molecular weight excluding hydrogens is 314 g/mol. The molecule has 0 saturated heterocycles. The first-order chi connectivity index (χ1) is 11.5. The van der Waals surface area contributed by atoms with Gasteiger partial charge in [-0.05, 0) is 25.5 Å². The lowest BCUT2D eigenvalue weighted by molar-refractivity contribution is -0.124. The summed E-state index contributed by atoms with van der Waals surface area (Å²) in [5, 5.41) is 2.76. The Morgan fingerprint density at radius 2 is 1.75 bits per heavy atom. The number of rotatable bonds is 9. The summed E-state index contributed by atoms with van der Waals surface area (Å²) >= 11 is 0. The van der Waals surface area contributed by atoms with Gasteiger partial charge in [-0.1, -0.05) is 13.3 Å². The van der Waals surface area contributed by atoms with Crippen molar-refractivity contribution < 1.29 is 28.5 Å². The Balaban J connectivity index is 2.79. The topological polar surface area (TPSA) is 83.1 Å². The van der Waals surface area contributed by atoms with Crippen molar-refractivity contribution in [1.29, 1.82) is 0 Å². The maximum absolute atomic E-state index is 12.2. The molecule has 7 nitrogen and oxygen atoms in total. The van der Waals surface area contributed by atoms with Gasteiger partial charge in [-0.15, -0.1) is 0 Å². The van der Waals surface area contributed by atoms with Crippen molar-refractivity contribution in [2.75, 3.05) is 27.9 Å². The molecule has 0 aliphatic heterocycles. The number of amides is 1. The van der Waals surface area contributed by atoms with Crippen molar-refractivity contribution in [3.63, 3.8) is 0 Å². The lowest BCUT2D eigenvalue weighted by Gasteiger charge is -2.15. The first kappa shape index (κ1) is 19.6.